The Morgan fingerprint density at radius 1 is 1.06 bits per heavy atom. The van der Waals surface area contributed by atoms with Crippen molar-refractivity contribution in [1.82, 2.24) is 21.0 Å². The minimum atomic E-state index is -0.814. The van der Waals surface area contributed by atoms with E-state index in [1.54, 1.807) is 55.5 Å². The summed E-state index contributed by atoms with van der Waals surface area (Å²) in [5.74, 6) is 1.04. The van der Waals surface area contributed by atoms with E-state index in [0.29, 0.717) is 34.8 Å². The molecule has 1 heterocycles. The Morgan fingerprint density at radius 3 is 2.44 bits per heavy atom. The second-order valence-corrected chi connectivity index (χ2v) is 7.16. The summed E-state index contributed by atoms with van der Waals surface area (Å²) >= 11 is 5.87. The highest BCUT2D eigenvalue weighted by Crippen LogP contribution is 2.19. The quantitative estimate of drug-likeness (QED) is 0.472. The molecule has 0 saturated carbocycles. The number of benzene rings is 2. The standard InChI is InChI=1S/C22H23ClN4O5/c1-3-30-17-8-10-18(11-9-17)31-14(2)22(29)26-25-19(28)12-13-20-24-21(27-32-20)15-4-6-16(23)7-5-15/h4-11,14H,3,12-13H2,1-2H3,(H,25,28)(H,26,29). The number of carbonyl (C=O) groups excluding carboxylic acids is 2. The van der Waals surface area contributed by atoms with E-state index in [-0.39, 0.29) is 12.8 Å². The average molecular weight is 459 g/mol. The van der Waals surface area contributed by atoms with Gasteiger partial charge < -0.3 is 14.0 Å². The van der Waals surface area contributed by atoms with Crippen LogP contribution in [0.1, 0.15) is 26.2 Å². The second kappa shape index (κ2) is 11.1. The van der Waals surface area contributed by atoms with Crippen molar-refractivity contribution >= 4 is 23.4 Å². The highest BCUT2D eigenvalue weighted by atomic mass is 35.5. The first-order chi connectivity index (χ1) is 15.4. The molecule has 2 N–H and O–H groups in total. The highest BCUT2D eigenvalue weighted by Gasteiger charge is 2.16. The summed E-state index contributed by atoms with van der Waals surface area (Å²) in [6, 6.07) is 13.9. The molecule has 3 rings (SSSR count). The lowest BCUT2D eigenvalue weighted by Gasteiger charge is -2.15. The first-order valence-corrected chi connectivity index (χ1v) is 10.4. The lowest BCUT2D eigenvalue weighted by Crippen LogP contribution is -2.47. The van der Waals surface area contributed by atoms with Crippen molar-refractivity contribution in [3.63, 3.8) is 0 Å². The molecule has 0 aliphatic heterocycles. The molecular weight excluding hydrogens is 436 g/mol. The van der Waals surface area contributed by atoms with Crippen molar-refractivity contribution < 1.29 is 23.6 Å². The first-order valence-electron chi connectivity index (χ1n) is 10.0. The SMILES string of the molecule is CCOc1ccc(OC(C)C(=O)NNC(=O)CCc2nc(-c3ccc(Cl)cc3)no2)cc1. The van der Waals surface area contributed by atoms with Gasteiger partial charge in [0.15, 0.2) is 6.10 Å². The van der Waals surface area contributed by atoms with Gasteiger partial charge >= 0.3 is 0 Å². The molecule has 0 radical (unpaired) electrons. The normalized spacial score (nSPS) is 11.5. The number of hydrogen-bond donors (Lipinski definition) is 2. The Morgan fingerprint density at radius 2 is 1.75 bits per heavy atom. The molecule has 0 bridgehead atoms. The fourth-order valence-electron chi connectivity index (χ4n) is 2.63. The molecule has 2 aromatic carbocycles. The summed E-state index contributed by atoms with van der Waals surface area (Å²) in [7, 11) is 0. The van der Waals surface area contributed by atoms with Crippen LogP contribution in [-0.4, -0.2) is 34.7 Å². The van der Waals surface area contributed by atoms with Gasteiger partial charge in [-0.05, 0) is 62.4 Å². The van der Waals surface area contributed by atoms with Crippen LogP contribution in [0, 0.1) is 0 Å². The molecule has 1 atom stereocenters. The number of carbonyl (C=O) groups is 2. The third-order valence-electron chi connectivity index (χ3n) is 4.28. The minimum Gasteiger partial charge on any atom is -0.494 e. The zero-order valence-corrected chi connectivity index (χ0v) is 18.4. The minimum absolute atomic E-state index is 0.0522. The number of aromatic nitrogens is 2. The Balaban J connectivity index is 1.40. The van der Waals surface area contributed by atoms with Crippen molar-refractivity contribution in [3.05, 3.63) is 59.4 Å². The topological polar surface area (TPSA) is 116 Å². The Kier molecular flexibility index (Phi) is 8.04. The number of ether oxygens (including phenoxy) is 2. The zero-order valence-electron chi connectivity index (χ0n) is 17.6. The first kappa shape index (κ1) is 23.1. The van der Waals surface area contributed by atoms with Gasteiger partial charge in [0.2, 0.25) is 17.6 Å². The molecule has 0 fully saturated rings. The number of rotatable bonds is 9. The van der Waals surface area contributed by atoms with Gasteiger partial charge in [0.25, 0.3) is 5.91 Å². The molecule has 9 nitrogen and oxygen atoms in total. The molecule has 1 unspecified atom stereocenters. The van der Waals surface area contributed by atoms with Crippen LogP contribution in [0.5, 0.6) is 11.5 Å². The maximum Gasteiger partial charge on any atom is 0.279 e. The van der Waals surface area contributed by atoms with Crippen LogP contribution in [-0.2, 0) is 16.0 Å². The molecular formula is C22H23ClN4O5. The van der Waals surface area contributed by atoms with E-state index >= 15 is 0 Å². The van der Waals surface area contributed by atoms with E-state index in [9.17, 15) is 9.59 Å². The maximum absolute atomic E-state index is 12.2. The lowest BCUT2D eigenvalue weighted by molar-refractivity contribution is -0.132. The van der Waals surface area contributed by atoms with Crippen LogP contribution in [0.4, 0.5) is 0 Å². The molecule has 3 aromatic rings. The number of halogens is 1. The second-order valence-electron chi connectivity index (χ2n) is 6.72. The Hall–Kier alpha value is -3.59. The van der Waals surface area contributed by atoms with E-state index in [2.05, 4.69) is 21.0 Å². The van der Waals surface area contributed by atoms with Crippen molar-refractivity contribution in [2.24, 2.45) is 0 Å². The number of hydrogen-bond acceptors (Lipinski definition) is 7. The van der Waals surface area contributed by atoms with Gasteiger partial charge in [-0.25, -0.2) is 0 Å². The van der Waals surface area contributed by atoms with Gasteiger partial charge in [0.1, 0.15) is 11.5 Å². The number of hydrazine groups is 1. The Labute approximate surface area is 190 Å². The highest BCUT2D eigenvalue weighted by molar-refractivity contribution is 6.30. The smallest absolute Gasteiger partial charge is 0.279 e. The molecule has 0 aliphatic rings. The van der Waals surface area contributed by atoms with Crippen molar-refractivity contribution in [1.29, 1.82) is 0 Å². The number of amides is 2. The molecule has 168 valence electrons. The Bertz CT molecular complexity index is 1040. The monoisotopic (exact) mass is 458 g/mol. The molecule has 1 aromatic heterocycles. The van der Waals surface area contributed by atoms with E-state index < -0.39 is 17.9 Å². The van der Waals surface area contributed by atoms with Gasteiger partial charge in [0.05, 0.1) is 6.61 Å². The number of nitrogens with zero attached hydrogens (tertiary/aromatic N) is 2. The van der Waals surface area contributed by atoms with Crippen molar-refractivity contribution in [2.45, 2.75) is 32.8 Å². The predicted octanol–water partition coefficient (Wildman–Crippen LogP) is 3.34. The zero-order chi connectivity index (χ0) is 22.9. The van der Waals surface area contributed by atoms with Gasteiger partial charge in [-0.3, -0.25) is 20.4 Å². The molecule has 0 saturated heterocycles. The van der Waals surface area contributed by atoms with E-state index in [0.717, 1.165) is 5.56 Å². The lowest BCUT2D eigenvalue weighted by atomic mass is 10.2. The summed E-state index contributed by atoms with van der Waals surface area (Å²) in [5, 5.41) is 4.50. The number of nitrogens with one attached hydrogen (secondary N) is 2. The molecule has 0 spiro atoms. The molecule has 2 amide bonds. The van der Waals surface area contributed by atoms with Crippen LogP contribution in [0.3, 0.4) is 0 Å². The van der Waals surface area contributed by atoms with Crippen LogP contribution < -0.4 is 20.3 Å². The molecule has 10 heteroatoms. The molecule has 0 aliphatic carbocycles. The van der Waals surface area contributed by atoms with E-state index in [4.69, 9.17) is 25.6 Å². The summed E-state index contributed by atoms with van der Waals surface area (Å²) in [6.07, 6.45) is -0.539. The summed E-state index contributed by atoms with van der Waals surface area (Å²) < 4.78 is 16.1. The third kappa shape index (κ3) is 6.71. The summed E-state index contributed by atoms with van der Waals surface area (Å²) in [4.78, 5) is 28.4. The third-order valence-corrected chi connectivity index (χ3v) is 4.53. The van der Waals surface area contributed by atoms with E-state index in [1.165, 1.54) is 0 Å². The van der Waals surface area contributed by atoms with Crippen LogP contribution >= 0.6 is 11.6 Å². The maximum atomic E-state index is 12.2. The van der Waals surface area contributed by atoms with Gasteiger partial charge in [-0.1, -0.05) is 16.8 Å². The number of aryl methyl sites for hydroxylation is 1. The van der Waals surface area contributed by atoms with Gasteiger partial charge in [-0.15, -0.1) is 0 Å². The summed E-state index contributed by atoms with van der Waals surface area (Å²) in [5.41, 5.74) is 5.44. The molecule has 32 heavy (non-hydrogen) atoms. The van der Waals surface area contributed by atoms with E-state index in [1.807, 2.05) is 6.92 Å². The predicted molar refractivity (Wildman–Crippen MR) is 117 cm³/mol. The average Bonchev–Trinajstić information content (AvgIpc) is 3.27. The van der Waals surface area contributed by atoms with Crippen molar-refractivity contribution in [2.75, 3.05) is 6.61 Å². The van der Waals surface area contributed by atoms with Gasteiger partial charge in [0, 0.05) is 23.4 Å². The van der Waals surface area contributed by atoms with Crippen LogP contribution in [0.25, 0.3) is 11.4 Å². The van der Waals surface area contributed by atoms with Crippen LogP contribution in [0.2, 0.25) is 5.02 Å². The van der Waals surface area contributed by atoms with Gasteiger partial charge in [-0.2, -0.15) is 4.98 Å². The largest absolute Gasteiger partial charge is 0.494 e. The summed E-state index contributed by atoms with van der Waals surface area (Å²) in [6.45, 7) is 4.04. The fourth-order valence-corrected chi connectivity index (χ4v) is 2.75. The fraction of sp³-hybridized carbons (Fsp3) is 0.273. The van der Waals surface area contributed by atoms with Crippen LogP contribution in [0.15, 0.2) is 53.1 Å². The van der Waals surface area contributed by atoms with Crippen molar-refractivity contribution in [3.8, 4) is 22.9 Å².